The number of aryl methyl sites for hydroxylation is 2. The van der Waals surface area contributed by atoms with Gasteiger partial charge in [0.05, 0.1) is 28.1 Å². The van der Waals surface area contributed by atoms with Crippen molar-refractivity contribution < 1.29 is 9.53 Å². The fourth-order valence-electron chi connectivity index (χ4n) is 2.35. The van der Waals surface area contributed by atoms with Crippen molar-refractivity contribution in [3.63, 3.8) is 0 Å². The Morgan fingerprint density at radius 3 is 2.72 bits per heavy atom. The van der Waals surface area contributed by atoms with Crippen LogP contribution in [-0.4, -0.2) is 32.1 Å². The molecular weight excluding hydrogens is 386 g/mol. The van der Waals surface area contributed by atoms with Crippen molar-refractivity contribution in [2.24, 2.45) is 7.05 Å². The second-order valence-electron chi connectivity index (χ2n) is 5.53. The molecule has 0 saturated carbocycles. The first-order valence-electron chi connectivity index (χ1n) is 7.72. The zero-order chi connectivity index (χ0) is 17.8. The van der Waals surface area contributed by atoms with Crippen LogP contribution in [0.2, 0.25) is 0 Å². The molecule has 0 aliphatic rings. The maximum atomic E-state index is 12.0. The number of halogens is 1. The number of rotatable bonds is 6. The van der Waals surface area contributed by atoms with E-state index >= 15 is 0 Å². The maximum Gasteiger partial charge on any atom is 0.258 e. The summed E-state index contributed by atoms with van der Waals surface area (Å²) in [5.74, 6) is 0.149. The molecular formula is C17H18BrN5O2. The number of carbonyl (C=O) groups excluding carboxylic acids is 1. The third-order valence-electron chi connectivity index (χ3n) is 3.56. The summed E-state index contributed by atoms with van der Waals surface area (Å²) in [5.41, 5.74) is 2.76. The van der Waals surface area contributed by atoms with Crippen LogP contribution in [0.1, 0.15) is 11.4 Å². The van der Waals surface area contributed by atoms with Crippen molar-refractivity contribution >= 4 is 21.8 Å². The van der Waals surface area contributed by atoms with E-state index < -0.39 is 0 Å². The van der Waals surface area contributed by atoms with E-state index in [1.807, 2.05) is 50.4 Å². The van der Waals surface area contributed by atoms with Crippen LogP contribution < -0.4 is 10.1 Å². The minimum atomic E-state index is -0.222. The minimum absolute atomic E-state index is 0.110. The van der Waals surface area contributed by atoms with Crippen LogP contribution in [0.5, 0.6) is 5.88 Å². The minimum Gasteiger partial charge on any atom is -0.466 e. The predicted octanol–water partition coefficient (Wildman–Crippen LogP) is 2.37. The monoisotopic (exact) mass is 403 g/mol. The third kappa shape index (κ3) is 4.27. The molecule has 3 rings (SSSR count). The van der Waals surface area contributed by atoms with Gasteiger partial charge in [0, 0.05) is 13.2 Å². The van der Waals surface area contributed by atoms with Gasteiger partial charge in [0.2, 0.25) is 5.88 Å². The van der Waals surface area contributed by atoms with Gasteiger partial charge in [-0.25, -0.2) is 4.68 Å². The quantitative estimate of drug-likeness (QED) is 0.685. The largest absolute Gasteiger partial charge is 0.466 e. The van der Waals surface area contributed by atoms with Crippen LogP contribution in [0.3, 0.4) is 0 Å². The third-order valence-corrected chi connectivity index (χ3v) is 4.11. The van der Waals surface area contributed by atoms with Crippen LogP contribution >= 0.6 is 15.9 Å². The number of amides is 1. The van der Waals surface area contributed by atoms with Crippen molar-refractivity contribution in [3.05, 3.63) is 58.5 Å². The first kappa shape index (κ1) is 17.2. The number of carbonyl (C=O) groups is 1. The van der Waals surface area contributed by atoms with Crippen LogP contribution in [0, 0.1) is 6.92 Å². The highest BCUT2D eigenvalue weighted by Gasteiger charge is 2.12. The summed E-state index contributed by atoms with van der Waals surface area (Å²) in [6.45, 7) is 2.20. The topological polar surface area (TPSA) is 74.0 Å². The first-order valence-corrected chi connectivity index (χ1v) is 8.52. The second-order valence-corrected chi connectivity index (χ2v) is 6.38. The molecule has 0 saturated heterocycles. The van der Waals surface area contributed by atoms with E-state index in [1.54, 1.807) is 15.6 Å². The van der Waals surface area contributed by atoms with E-state index in [-0.39, 0.29) is 12.5 Å². The van der Waals surface area contributed by atoms with Gasteiger partial charge in [-0.05, 0) is 41.1 Å². The van der Waals surface area contributed by atoms with Crippen molar-refractivity contribution in [2.75, 3.05) is 6.61 Å². The molecule has 8 heteroatoms. The molecule has 0 bridgehead atoms. The van der Waals surface area contributed by atoms with Crippen LogP contribution in [0.4, 0.5) is 0 Å². The average molecular weight is 404 g/mol. The molecule has 1 N–H and O–H groups in total. The fraction of sp³-hybridized carbons (Fsp3) is 0.235. The highest BCUT2D eigenvalue weighted by molar-refractivity contribution is 9.10. The molecule has 1 aromatic carbocycles. The Hall–Kier alpha value is -2.61. The first-order chi connectivity index (χ1) is 12.0. The smallest absolute Gasteiger partial charge is 0.258 e. The molecule has 2 aromatic heterocycles. The number of hydrogen-bond donors (Lipinski definition) is 1. The van der Waals surface area contributed by atoms with Crippen molar-refractivity contribution in [1.29, 1.82) is 0 Å². The molecule has 0 unspecified atom stereocenters. The molecule has 0 fully saturated rings. The number of nitrogens with one attached hydrogen (secondary N) is 1. The lowest BCUT2D eigenvalue weighted by Gasteiger charge is -2.06. The normalized spacial score (nSPS) is 10.7. The van der Waals surface area contributed by atoms with Crippen molar-refractivity contribution in [2.45, 2.75) is 13.5 Å². The van der Waals surface area contributed by atoms with Gasteiger partial charge < -0.3 is 10.1 Å². The number of nitrogens with zero attached hydrogens (tertiary/aromatic N) is 4. The van der Waals surface area contributed by atoms with Crippen molar-refractivity contribution in [1.82, 2.24) is 24.9 Å². The number of hydrogen-bond acceptors (Lipinski definition) is 4. The Kier molecular flexibility index (Phi) is 5.18. The van der Waals surface area contributed by atoms with Gasteiger partial charge >= 0.3 is 0 Å². The summed E-state index contributed by atoms with van der Waals surface area (Å²) in [6, 6.07) is 11.6. The molecule has 130 valence electrons. The lowest BCUT2D eigenvalue weighted by atomic mass is 10.3. The van der Waals surface area contributed by atoms with Crippen LogP contribution in [0.15, 0.2) is 47.1 Å². The van der Waals surface area contributed by atoms with Gasteiger partial charge in [-0.2, -0.15) is 5.10 Å². The number of ether oxygens (including phenoxy) is 1. The zero-order valence-electron chi connectivity index (χ0n) is 13.9. The van der Waals surface area contributed by atoms with Crippen LogP contribution in [0.25, 0.3) is 5.69 Å². The summed E-state index contributed by atoms with van der Waals surface area (Å²) in [5, 5.41) is 11.4. The molecule has 0 spiro atoms. The molecule has 0 aliphatic heterocycles. The van der Waals surface area contributed by atoms with Gasteiger partial charge in [0.15, 0.2) is 6.61 Å². The van der Waals surface area contributed by atoms with E-state index in [1.165, 1.54) is 0 Å². The molecule has 0 radical (unpaired) electrons. The average Bonchev–Trinajstić information content (AvgIpc) is 3.13. The second kappa shape index (κ2) is 7.52. The summed E-state index contributed by atoms with van der Waals surface area (Å²) in [6.07, 6.45) is 1.79. The summed E-state index contributed by atoms with van der Waals surface area (Å²) in [7, 11) is 1.85. The Morgan fingerprint density at radius 2 is 2.04 bits per heavy atom. The van der Waals surface area contributed by atoms with Gasteiger partial charge in [-0.15, -0.1) is 5.10 Å². The van der Waals surface area contributed by atoms with Crippen LogP contribution in [-0.2, 0) is 18.4 Å². The maximum absolute atomic E-state index is 12.0. The molecule has 0 aliphatic carbocycles. The highest BCUT2D eigenvalue weighted by atomic mass is 79.9. The Labute approximate surface area is 153 Å². The highest BCUT2D eigenvalue weighted by Crippen LogP contribution is 2.24. The Morgan fingerprint density at radius 1 is 1.28 bits per heavy atom. The fourth-order valence-corrected chi connectivity index (χ4v) is 2.74. The molecule has 7 nitrogen and oxygen atoms in total. The summed E-state index contributed by atoms with van der Waals surface area (Å²) >= 11 is 3.40. The standard InChI is InChI=1S/C17H18BrN5O2/c1-12-8-14(22(2)20-12)9-19-16(24)11-25-17-15(18)10-23(21-17)13-6-4-3-5-7-13/h3-8,10H,9,11H2,1-2H3,(H,19,24). The zero-order valence-corrected chi connectivity index (χ0v) is 15.5. The molecule has 3 aromatic rings. The van der Waals surface area contributed by atoms with E-state index in [4.69, 9.17) is 4.74 Å². The lowest BCUT2D eigenvalue weighted by molar-refractivity contribution is -0.123. The lowest BCUT2D eigenvalue weighted by Crippen LogP contribution is -2.29. The van der Waals surface area contributed by atoms with E-state index in [9.17, 15) is 4.79 Å². The van der Waals surface area contributed by atoms with Gasteiger partial charge in [-0.1, -0.05) is 18.2 Å². The number of aromatic nitrogens is 4. The molecule has 25 heavy (non-hydrogen) atoms. The van der Waals surface area contributed by atoms with Gasteiger partial charge in [0.25, 0.3) is 5.91 Å². The SMILES string of the molecule is Cc1cc(CNC(=O)COc2nn(-c3ccccc3)cc2Br)n(C)n1. The van der Waals surface area contributed by atoms with Crippen molar-refractivity contribution in [3.8, 4) is 11.6 Å². The van der Waals surface area contributed by atoms with E-state index in [0.29, 0.717) is 16.9 Å². The van der Waals surface area contributed by atoms with E-state index in [2.05, 4.69) is 31.4 Å². The van der Waals surface area contributed by atoms with Gasteiger partial charge in [0.1, 0.15) is 0 Å². The predicted molar refractivity (Wildman–Crippen MR) is 96.6 cm³/mol. The number of benzene rings is 1. The summed E-state index contributed by atoms with van der Waals surface area (Å²) < 4.78 is 9.63. The number of para-hydroxylation sites is 1. The molecule has 0 atom stereocenters. The van der Waals surface area contributed by atoms with Gasteiger partial charge in [-0.3, -0.25) is 9.48 Å². The summed E-state index contributed by atoms with van der Waals surface area (Å²) in [4.78, 5) is 12.0. The van der Waals surface area contributed by atoms with E-state index in [0.717, 1.165) is 17.1 Å². The Balaban J connectivity index is 1.55. The molecule has 1 amide bonds. The molecule has 2 heterocycles. The Bertz CT molecular complexity index is 873.